The number of aliphatic carboxylic acids is 3. The molecule has 2 unspecified atom stereocenters. The van der Waals surface area contributed by atoms with Crippen molar-refractivity contribution in [1.82, 2.24) is 0 Å². The van der Waals surface area contributed by atoms with Crippen molar-refractivity contribution in [3.8, 4) is 0 Å². The molecule has 0 fully saturated rings. The van der Waals surface area contributed by atoms with E-state index in [1.807, 2.05) is 0 Å². The molecule has 0 saturated heterocycles. The maximum Gasteiger partial charge on any atom is 1.00 e. The molecular weight excluding hydrogens is 286 g/mol. The molecule has 0 aliphatic heterocycles. The van der Waals surface area contributed by atoms with Crippen LogP contribution in [0, 0.1) is 0 Å². The Kier molecular flexibility index (Phi) is 14.2. The third kappa shape index (κ3) is 10.1. The molecule has 2 N–H and O–H groups in total. The molecule has 94 valence electrons. The van der Waals surface area contributed by atoms with Crippen LogP contribution in [0.3, 0.4) is 0 Å². The van der Waals surface area contributed by atoms with Crippen LogP contribution in [0.5, 0.6) is 0 Å². The van der Waals surface area contributed by atoms with Gasteiger partial charge in [0.25, 0.3) is 0 Å². The molecule has 0 aromatic carbocycles. The van der Waals surface area contributed by atoms with E-state index in [4.69, 9.17) is 10.2 Å². The van der Waals surface area contributed by atoms with Crippen LogP contribution in [0.1, 0.15) is 0 Å². The van der Waals surface area contributed by atoms with Crippen LogP contribution in [0.2, 0.25) is 0 Å². The van der Waals surface area contributed by atoms with Crippen LogP contribution < -0.4 is 69.3 Å². The third-order valence-electron chi connectivity index (χ3n) is 1.37. The van der Waals surface area contributed by atoms with Crippen molar-refractivity contribution >= 4 is 23.9 Å². The number of aliphatic hydroxyl groups excluding tert-OH is 1. The van der Waals surface area contributed by atoms with E-state index in [-0.39, 0.29) is 59.1 Å². The van der Waals surface area contributed by atoms with Gasteiger partial charge in [0.2, 0.25) is 0 Å². The van der Waals surface area contributed by atoms with Crippen molar-refractivity contribution < 1.29 is 103 Å². The summed E-state index contributed by atoms with van der Waals surface area (Å²) in [6, 6.07) is 0. The number of hydrogen-bond donors (Lipinski definition) is 2. The minimum Gasteiger partial charge on any atom is -0.547 e. The van der Waals surface area contributed by atoms with E-state index in [0.29, 0.717) is 12.2 Å². The van der Waals surface area contributed by atoms with E-state index in [2.05, 4.69) is 4.74 Å². The monoisotopic (exact) mass is 292 g/mol. The van der Waals surface area contributed by atoms with E-state index in [1.165, 1.54) is 0 Å². The minimum atomic E-state index is -2.62. The average Bonchev–Trinajstić information content (AvgIpc) is 2.21. The Bertz CT molecular complexity index is 378. The van der Waals surface area contributed by atoms with Crippen LogP contribution in [-0.4, -0.2) is 46.3 Å². The second kappa shape index (κ2) is 11.4. The minimum absolute atomic E-state index is 0. The Morgan fingerprint density at radius 3 is 1.79 bits per heavy atom. The van der Waals surface area contributed by atoms with Crippen molar-refractivity contribution in [2.75, 3.05) is 0 Å². The Morgan fingerprint density at radius 2 is 1.47 bits per heavy atom. The van der Waals surface area contributed by atoms with E-state index in [9.17, 15) is 29.4 Å². The summed E-state index contributed by atoms with van der Waals surface area (Å²) in [4.78, 5) is 41.3. The van der Waals surface area contributed by atoms with Gasteiger partial charge in [-0.1, -0.05) is 0 Å². The predicted octanol–water partition coefficient (Wildman–Crippen LogP) is -10.6. The number of carbonyl (C=O) groups is 4. The van der Waals surface area contributed by atoms with E-state index >= 15 is 0 Å². The van der Waals surface area contributed by atoms with Crippen LogP contribution in [0.15, 0.2) is 12.2 Å². The van der Waals surface area contributed by atoms with Gasteiger partial charge < -0.3 is 34.8 Å². The number of carbonyl (C=O) groups excluding carboxylic acids is 3. The molecule has 9 nitrogen and oxygen atoms in total. The summed E-state index contributed by atoms with van der Waals surface area (Å²) >= 11 is 0. The summed E-state index contributed by atoms with van der Waals surface area (Å²) in [5.41, 5.74) is 0. The van der Waals surface area contributed by atoms with Gasteiger partial charge in [0.1, 0.15) is 6.10 Å². The summed E-state index contributed by atoms with van der Waals surface area (Å²) in [6.45, 7) is 0. The van der Waals surface area contributed by atoms with Gasteiger partial charge in [-0.25, -0.2) is 9.59 Å². The molecule has 19 heavy (non-hydrogen) atoms. The van der Waals surface area contributed by atoms with Crippen molar-refractivity contribution in [1.29, 1.82) is 0 Å². The molecule has 2 atom stereocenters. The number of esters is 1. The fourth-order valence-electron chi connectivity index (χ4n) is 0.669. The molecule has 0 saturated carbocycles. The molecule has 0 rings (SSSR count). The number of carboxylic acids is 3. The Balaban J connectivity index is -0.00000128. The van der Waals surface area contributed by atoms with Crippen molar-refractivity contribution in [3.63, 3.8) is 0 Å². The Hall–Kier alpha value is -0.420. The number of aliphatic hydroxyl groups is 1. The quantitative estimate of drug-likeness (QED) is 0.274. The first-order chi connectivity index (χ1) is 7.75. The zero-order valence-electron chi connectivity index (χ0n) is 10.1. The van der Waals surface area contributed by atoms with Crippen molar-refractivity contribution in [3.05, 3.63) is 12.2 Å². The van der Waals surface area contributed by atoms with Gasteiger partial charge in [0.05, 0.1) is 11.9 Å². The van der Waals surface area contributed by atoms with Crippen LogP contribution in [0.4, 0.5) is 0 Å². The largest absolute Gasteiger partial charge is 1.00 e. The zero-order valence-corrected chi connectivity index (χ0v) is 14.1. The first-order valence-electron chi connectivity index (χ1n) is 3.97. The topological polar surface area (TPSA) is 164 Å². The first kappa shape index (κ1) is 23.7. The fourth-order valence-corrected chi connectivity index (χ4v) is 0.669. The molecular formula is C8H6Na2O9. The van der Waals surface area contributed by atoms with Crippen LogP contribution in [-0.2, 0) is 23.9 Å². The number of ether oxygens (including phenoxy) is 1. The normalized spacial score (nSPS) is 12.5. The van der Waals surface area contributed by atoms with Gasteiger partial charge in [0.15, 0.2) is 6.10 Å². The summed E-state index contributed by atoms with van der Waals surface area (Å²) < 4.78 is 3.96. The van der Waals surface area contributed by atoms with Crippen LogP contribution >= 0.6 is 0 Å². The summed E-state index contributed by atoms with van der Waals surface area (Å²) in [5.74, 6) is -7.33. The smallest absolute Gasteiger partial charge is 0.547 e. The maximum atomic E-state index is 10.8. The van der Waals surface area contributed by atoms with E-state index in [0.717, 1.165) is 0 Å². The van der Waals surface area contributed by atoms with E-state index in [1.54, 1.807) is 0 Å². The number of carboxylic acid groups (broad SMARTS) is 3. The molecule has 0 aliphatic rings. The molecule has 0 aliphatic carbocycles. The standard InChI is InChI=1S/C8H8O9.2Na/c9-3(10)1-2-4(11)17-6(8(15)16)5(12)7(13)14;;/h1-2,5-6,12H,(H,9,10)(H,13,14)(H,15,16);;/q;2*+1/p-2/b2-1-;;. The van der Waals surface area contributed by atoms with Crippen molar-refractivity contribution in [2.24, 2.45) is 0 Å². The molecule has 0 aromatic rings. The average molecular weight is 292 g/mol. The number of hydrogen-bond acceptors (Lipinski definition) is 8. The molecule has 0 radical (unpaired) electrons. The Morgan fingerprint density at radius 1 is 1.00 bits per heavy atom. The Labute approximate surface area is 150 Å². The second-order valence-electron chi connectivity index (χ2n) is 2.61. The van der Waals surface area contributed by atoms with Gasteiger partial charge in [0, 0.05) is 12.2 Å². The molecule has 11 heteroatoms. The summed E-state index contributed by atoms with van der Waals surface area (Å²) in [5, 5.41) is 37.4. The van der Waals surface area contributed by atoms with Gasteiger partial charge in [-0.3, -0.25) is 0 Å². The molecule has 0 aromatic heterocycles. The van der Waals surface area contributed by atoms with E-state index < -0.39 is 36.1 Å². The summed E-state index contributed by atoms with van der Waals surface area (Å²) in [7, 11) is 0. The van der Waals surface area contributed by atoms with Crippen LogP contribution in [0.25, 0.3) is 0 Å². The summed E-state index contributed by atoms with van der Waals surface area (Å²) in [6.07, 6.45) is -4.45. The molecule has 0 spiro atoms. The van der Waals surface area contributed by atoms with Gasteiger partial charge in [-0.2, -0.15) is 0 Å². The van der Waals surface area contributed by atoms with Gasteiger partial charge in [-0.15, -0.1) is 0 Å². The molecule has 0 amide bonds. The maximum absolute atomic E-state index is 10.8. The van der Waals surface area contributed by atoms with Crippen molar-refractivity contribution in [2.45, 2.75) is 12.2 Å². The third-order valence-corrected chi connectivity index (χ3v) is 1.37. The number of rotatable bonds is 6. The zero-order chi connectivity index (χ0) is 13.6. The first-order valence-corrected chi connectivity index (χ1v) is 3.97. The van der Waals surface area contributed by atoms with Gasteiger partial charge in [-0.05, 0) is 0 Å². The second-order valence-corrected chi connectivity index (χ2v) is 2.61. The van der Waals surface area contributed by atoms with Gasteiger partial charge >= 0.3 is 71.1 Å². The SMILES string of the molecule is O=C(O)/C=C\C(=O)OC(C(=O)[O-])C(O)C(=O)[O-].[Na+].[Na+]. The fraction of sp³-hybridized carbons (Fsp3) is 0.250. The molecule has 0 heterocycles. The molecule has 0 bridgehead atoms. The predicted molar refractivity (Wildman–Crippen MR) is 42.7 cm³/mol.